The lowest BCUT2D eigenvalue weighted by Crippen LogP contribution is -2.36. The van der Waals surface area contributed by atoms with Gasteiger partial charge in [0.15, 0.2) is 10.9 Å². The number of nitriles is 1. The van der Waals surface area contributed by atoms with Gasteiger partial charge in [0.05, 0.1) is 22.3 Å². The van der Waals surface area contributed by atoms with E-state index in [2.05, 4.69) is 25.5 Å². The molecule has 2 amide bonds. The molecule has 3 rings (SSSR count). The molecule has 13 heteroatoms. The number of alkyl carbamates (subject to hydrolysis) is 1. The Balaban J connectivity index is 1.74. The summed E-state index contributed by atoms with van der Waals surface area (Å²) in [4.78, 5) is 23.3. The van der Waals surface area contributed by atoms with Crippen LogP contribution in [-0.2, 0) is 9.53 Å². The minimum absolute atomic E-state index is 0.0608. The fourth-order valence-corrected chi connectivity index (χ4v) is 4.33. The van der Waals surface area contributed by atoms with Crippen molar-refractivity contribution >= 4 is 58.2 Å². The number of carbonyl (C=O) groups excluding carboxylic acids is 2. The molecule has 1 heterocycles. The summed E-state index contributed by atoms with van der Waals surface area (Å²) < 4.78 is 10.4. The van der Waals surface area contributed by atoms with Crippen LogP contribution in [0.1, 0.15) is 50.5 Å². The van der Waals surface area contributed by atoms with E-state index in [-0.39, 0.29) is 34.0 Å². The normalized spacial score (nSPS) is 14.1. The maximum atomic E-state index is 11.9. The molecule has 0 aliphatic heterocycles. The first-order valence-electron chi connectivity index (χ1n) is 10.7. The van der Waals surface area contributed by atoms with Crippen molar-refractivity contribution in [3.63, 3.8) is 0 Å². The highest BCUT2D eigenvalue weighted by Crippen LogP contribution is 2.40. The maximum absolute atomic E-state index is 11.9. The molecule has 0 bridgehead atoms. The highest BCUT2D eigenvalue weighted by atomic mass is 35.5. The minimum atomic E-state index is -1.04. The molecule has 0 saturated heterocycles. The van der Waals surface area contributed by atoms with Gasteiger partial charge in [-0.05, 0) is 43.4 Å². The smallest absolute Gasteiger partial charge is 0.414 e. The van der Waals surface area contributed by atoms with Gasteiger partial charge in [-0.2, -0.15) is 10.4 Å². The second-order valence-corrected chi connectivity index (χ2v) is 8.67. The van der Waals surface area contributed by atoms with Crippen LogP contribution in [0, 0.1) is 11.3 Å². The SMILES string of the molecule is CCOC(=O)NC(=O)/C(C#N)=N/Nc1cc(Cl)c(Oc2cc(C3CCCCC3)c(Cl)nn2)c(Cl)c1. The van der Waals surface area contributed by atoms with Gasteiger partial charge >= 0.3 is 6.09 Å². The standard InChI is InChI=1S/C22H21Cl3N6O4/c1-2-34-22(33)27-21(32)17(11-26)29-28-13-8-15(23)19(16(24)9-13)35-18-10-14(20(25)31-30-18)12-6-4-3-5-7-12/h8-10,12,28H,2-7H2,1H3,(H,27,32,33)/b29-17+. The Labute approximate surface area is 216 Å². The van der Waals surface area contributed by atoms with E-state index in [9.17, 15) is 9.59 Å². The minimum Gasteiger partial charge on any atom is -0.450 e. The second-order valence-electron chi connectivity index (χ2n) is 7.49. The van der Waals surface area contributed by atoms with Gasteiger partial charge in [0.25, 0.3) is 5.91 Å². The Morgan fingerprint density at radius 3 is 2.46 bits per heavy atom. The number of anilines is 1. The van der Waals surface area contributed by atoms with E-state index >= 15 is 0 Å². The van der Waals surface area contributed by atoms with Crippen molar-refractivity contribution in [1.29, 1.82) is 5.26 Å². The topological polar surface area (TPSA) is 139 Å². The monoisotopic (exact) mass is 538 g/mol. The lowest BCUT2D eigenvalue weighted by Gasteiger charge is -2.22. The highest BCUT2D eigenvalue weighted by molar-refractivity contribution is 6.47. The Morgan fingerprint density at radius 2 is 1.83 bits per heavy atom. The van der Waals surface area contributed by atoms with E-state index in [1.807, 2.05) is 5.32 Å². The second kappa shape index (κ2) is 12.5. The number of imide groups is 1. The summed E-state index contributed by atoms with van der Waals surface area (Å²) in [7, 11) is 0. The lowest BCUT2D eigenvalue weighted by atomic mass is 9.85. The van der Waals surface area contributed by atoms with Crippen molar-refractivity contribution in [3.8, 4) is 17.7 Å². The van der Waals surface area contributed by atoms with Crippen LogP contribution in [0.25, 0.3) is 0 Å². The molecule has 0 atom stereocenters. The first-order chi connectivity index (χ1) is 16.8. The molecular weight excluding hydrogens is 519 g/mol. The zero-order chi connectivity index (χ0) is 25.4. The maximum Gasteiger partial charge on any atom is 0.414 e. The predicted molar refractivity (Wildman–Crippen MR) is 131 cm³/mol. The molecule has 2 N–H and O–H groups in total. The third-order valence-electron chi connectivity index (χ3n) is 5.11. The molecule has 1 aliphatic carbocycles. The summed E-state index contributed by atoms with van der Waals surface area (Å²) >= 11 is 19.0. The Hall–Kier alpha value is -3.13. The number of hydrazone groups is 1. The summed E-state index contributed by atoms with van der Waals surface area (Å²) in [5, 5.41) is 23.3. The van der Waals surface area contributed by atoms with Crippen molar-refractivity contribution in [1.82, 2.24) is 15.5 Å². The van der Waals surface area contributed by atoms with E-state index in [1.165, 1.54) is 18.6 Å². The first-order valence-corrected chi connectivity index (χ1v) is 11.9. The molecule has 1 fully saturated rings. The molecule has 35 heavy (non-hydrogen) atoms. The number of aromatic nitrogens is 2. The van der Waals surface area contributed by atoms with E-state index in [0.29, 0.717) is 11.1 Å². The van der Waals surface area contributed by atoms with Gasteiger partial charge in [-0.1, -0.05) is 54.1 Å². The molecule has 184 valence electrons. The van der Waals surface area contributed by atoms with Crippen LogP contribution < -0.4 is 15.5 Å². The number of rotatable bonds is 7. The van der Waals surface area contributed by atoms with Crippen LogP contribution in [-0.4, -0.2) is 34.5 Å². The number of hydrogen-bond donors (Lipinski definition) is 2. The van der Waals surface area contributed by atoms with Gasteiger partial charge in [0.1, 0.15) is 6.07 Å². The molecule has 1 aromatic carbocycles. The fraction of sp³-hybridized carbons (Fsp3) is 0.364. The Bertz CT molecular complexity index is 1160. The van der Waals surface area contributed by atoms with Gasteiger partial charge in [-0.3, -0.25) is 15.5 Å². The van der Waals surface area contributed by atoms with E-state index in [1.54, 1.807) is 19.1 Å². The fourth-order valence-electron chi connectivity index (χ4n) is 3.51. The summed E-state index contributed by atoms with van der Waals surface area (Å²) in [6.45, 7) is 1.63. The number of halogens is 3. The number of nitrogens with one attached hydrogen (secondary N) is 2. The molecule has 0 spiro atoms. The Kier molecular flexibility index (Phi) is 9.48. The zero-order valence-electron chi connectivity index (χ0n) is 18.6. The molecule has 1 aliphatic rings. The average molecular weight is 540 g/mol. The van der Waals surface area contributed by atoms with Crippen molar-refractivity contribution in [3.05, 3.63) is 39.0 Å². The van der Waals surface area contributed by atoms with Gasteiger partial charge in [-0.15, -0.1) is 10.2 Å². The molecule has 2 aromatic rings. The number of ether oxygens (including phenoxy) is 2. The van der Waals surface area contributed by atoms with Crippen molar-refractivity contribution in [2.45, 2.75) is 44.9 Å². The van der Waals surface area contributed by atoms with Crippen LogP contribution in [0.4, 0.5) is 10.5 Å². The van der Waals surface area contributed by atoms with Crippen molar-refractivity contribution in [2.75, 3.05) is 12.0 Å². The molecule has 1 saturated carbocycles. The van der Waals surface area contributed by atoms with Crippen LogP contribution in [0.3, 0.4) is 0 Å². The third-order valence-corrected chi connectivity index (χ3v) is 5.97. The van der Waals surface area contributed by atoms with Crippen molar-refractivity contribution < 1.29 is 19.1 Å². The van der Waals surface area contributed by atoms with Gasteiger partial charge in [0, 0.05) is 6.07 Å². The highest BCUT2D eigenvalue weighted by Gasteiger charge is 2.21. The predicted octanol–water partition coefficient (Wildman–Crippen LogP) is 5.84. The number of hydrogen-bond acceptors (Lipinski definition) is 9. The van der Waals surface area contributed by atoms with Crippen LogP contribution in [0.2, 0.25) is 15.2 Å². The molecule has 1 aromatic heterocycles. The van der Waals surface area contributed by atoms with E-state index < -0.39 is 17.7 Å². The third kappa shape index (κ3) is 7.18. The quantitative estimate of drug-likeness (QED) is 0.330. The molecular formula is C22H21Cl3N6O4. The average Bonchev–Trinajstić information content (AvgIpc) is 2.83. The summed E-state index contributed by atoms with van der Waals surface area (Å²) in [5.74, 6) is -0.417. The number of amides is 2. The zero-order valence-corrected chi connectivity index (χ0v) is 20.9. The Morgan fingerprint density at radius 1 is 1.14 bits per heavy atom. The largest absolute Gasteiger partial charge is 0.450 e. The van der Waals surface area contributed by atoms with E-state index in [4.69, 9.17) is 44.8 Å². The van der Waals surface area contributed by atoms with Gasteiger partial charge < -0.3 is 9.47 Å². The van der Waals surface area contributed by atoms with Crippen LogP contribution >= 0.6 is 34.8 Å². The molecule has 0 radical (unpaired) electrons. The van der Waals surface area contributed by atoms with Gasteiger partial charge in [0.2, 0.25) is 11.6 Å². The number of carbonyl (C=O) groups is 2. The van der Waals surface area contributed by atoms with Crippen molar-refractivity contribution in [2.24, 2.45) is 5.10 Å². The van der Waals surface area contributed by atoms with Crippen LogP contribution in [0.5, 0.6) is 11.6 Å². The van der Waals surface area contributed by atoms with Gasteiger partial charge in [-0.25, -0.2) is 4.79 Å². The molecule has 10 nitrogen and oxygen atoms in total. The molecule has 0 unspecified atom stereocenters. The van der Waals surface area contributed by atoms with E-state index in [0.717, 1.165) is 31.2 Å². The summed E-state index contributed by atoms with van der Waals surface area (Å²) in [5.41, 5.74) is 3.02. The lowest BCUT2D eigenvalue weighted by molar-refractivity contribution is -0.114. The summed E-state index contributed by atoms with van der Waals surface area (Å²) in [6.07, 6.45) is 4.52. The summed E-state index contributed by atoms with van der Waals surface area (Å²) in [6, 6.07) is 6.18. The van der Waals surface area contributed by atoms with Crippen LogP contribution in [0.15, 0.2) is 23.3 Å². The number of nitrogens with zero attached hydrogens (tertiary/aromatic N) is 4. The number of benzene rings is 1. The first kappa shape index (κ1) is 26.5.